The molecule has 0 aromatic rings. The first-order chi connectivity index (χ1) is 9.90. The first kappa shape index (κ1) is 16.7. The van der Waals surface area contributed by atoms with Gasteiger partial charge in [0.05, 0.1) is 30.2 Å². The Hall–Kier alpha value is -2.37. The van der Waals surface area contributed by atoms with Crippen molar-refractivity contribution >= 4 is 5.78 Å². The molecule has 1 rings (SSSR count). The van der Waals surface area contributed by atoms with Gasteiger partial charge in [0, 0.05) is 12.3 Å². The van der Waals surface area contributed by atoms with E-state index in [1.54, 1.807) is 13.8 Å². The minimum atomic E-state index is -1.89. The summed E-state index contributed by atoms with van der Waals surface area (Å²) in [4.78, 5) is 12.4. The zero-order chi connectivity index (χ0) is 16.3. The topological polar surface area (TPSA) is 112 Å². The molecule has 2 atom stereocenters. The van der Waals surface area contributed by atoms with Crippen LogP contribution in [0.25, 0.3) is 0 Å². The van der Waals surface area contributed by atoms with Crippen molar-refractivity contribution in [1.82, 2.24) is 0 Å². The third kappa shape index (κ3) is 2.07. The summed E-state index contributed by atoms with van der Waals surface area (Å²) in [6.07, 6.45) is 1.03. The van der Waals surface area contributed by atoms with Crippen LogP contribution in [0.5, 0.6) is 0 Å². The van der Waals surface area contributed by atoms with Gasteiger partial charge in [-0.1, -0.05) is 27.2 Å². The van der Waals surface area contributed by atoms with Gasteiger partial charge < -0.3 is 0 Å². The number of nitrogens with zero attached hydrogens (tertiary/aromatic N) is 4. The van der Waals surface area contributed by atoms with Crippen LogP contribution in [0.4, 0.5) is 0 Å². The first-order valence-corrected chi connectivity index (χ1v) is 7.08. The predicted octanol–water partition coefficient (Wildman–Crippen LogP) is 2.71. The molecular formula is C16H18N4O. The van der Waals surface area contributed by atoms with Gasteiger partial charge in [0.25, 0.3) is 0 Å². The van der Waals surface area contributed by atoms with Gasteiger partial charge in [-0.25, -0.2) is 0 Å². The van der Waals surface area contributed by atoms with E-state index in [1.807, 2.05) is 31.2 Å². The number of nitriles is 4. The highest BCUT2D eigenvalue weighted by atomic mass is 16.1. The standard InChI is InChI=1S/C16H18N4O/c1-4-5-12-14(21)6-13(11(2)3)16(9-19,10-20)15(12,7-17)8-18/h11-13H,4-6H2,1-3H3/t12-,13+/m1/s1. The molecule has 5 heteroatoms. The lowest BCUT2D eigenvalue weighted by Crippen LogP contribution is -2.56. The van der Waals surface area contributed by atoms with Crippen molar-refractivity contribution in [2.24, 2.45) is 28.6 Å². The van der Waals surface area contributed by atoms with Crippen molar-refractivity contribution in [2.75, 3.05) is 0 Å². The Bertz CT molecular complexity index is 566. The van der Waals surface area contributed by atoms with Gasteiger partial charge in [-0.05, 0) is 12.3 Å². The Kier molecular flexibility index (Phi) is 4.73. The molecule has 0 bridgehead atoms. The summed E-state index contributed by atoms with van der Waals surface area (Å²) in [6.45, 7) is 5.46. The molecule has 5 nitrogen and oxygen atoms in total. The molecule has 1 saturated carbocycles. The summed E-state index contributed by atoms with van der Waals surface area (Å²) in [5.41, 5.74) is -3.66. The Labute approximate surface area is 125 Å². The number of rotatable bonds is 3. The van der Waals surface area contributed by atoms with E-state index in [9.17, 15) is 25.8 Å². The van der Waals surface area contributed by atoms with E-state index in [0.29, 0.717) is 12.8 Å². The Balaban J connectivity index is 3.70. The van der Waals surface area contributed by atoms with E-state index in [2.05, 4.69) is 0 Å². The fourth-order valence-corrected chi connectivity index (χ4v) is 3.45. The van der Waals surface area contributed by atoms with Gasteiger partial charge in [0.15, 0.2) is 10.8 Å². The van der Waals surface area contributed by atoms with Crippen molar-refractivity contribution in [1.29, 1.82) is 21.0 Å². The molecule has 21 heavy (non-hydrogen) atoms. The lowest BCUT2D eigenvalue weighted by molar-refractivity contribution is -0.135. The van der Waals surface area contributed by atoms with E-state index in [0.717, 1.165) is 0 Å². The SMILES string of the molecule is CCC[C@@H]1C(=O)C[C@@H](C(C)C)C(C#N)(C#N)C1(C#N)C#N. The largest absolute Gasteiger partial charge is 0.299 e. The monoisotopic (exact) mass is 282 g/mol. The number of hydrogen-bond acceptors (Lipinski definition) is 5. The van der Waals surface area contributed by atoms with Crippen LogP contribution in [0.3, 0.4) is 0 Å². The summed E-state index contributed by atoms with van der Waals surface area (Å²) in [5, 5.41) is 38.5. The minimum absolute atomic E-state index is 0.0779. The average Bonchev–Trinajstić information content (AvgIpc) is 2.48. The second-order valence-corrected chi connectivity index (χ2v) is 5.93. The van der Waals surface area contributed by atoms with Crippen molar-refractivity contribution < 1.29 is 4.79 Å². The molecule has 0 N–H and O–H groups in total. The molecule has 0 heterocycles. The lowest BCUT2D eigenvalue weighted by Gasteiger charge is -2.47. The zero-order valence-electron chi connectivity index (χ0n) is 12.6. The van der Waals surface area contributed by atoms with E-state index in [-0.39, 0.29) is 18.1 Å². The molecule has 0 spiro atoms. The molecule has 1 aliphatic carbocycles. The maximum absolute atomic E-state index is 12.4. The van der Waals surface area contributed by atoms with E-state index >= 15 is 0 Å². The maximum Gasteiger partial charge on any atom is 0.185 e. The van der Waals surface area contributed by atoms with Gasteiger partial charge in [-0.2, -0.15) is 21.0 Å². The number of hydrogen-bond donors (Lipinski definition) is 0. The number of ketones is 1. The smallest absolute Gasteiger partial charge is 0.185 e. The minimum Gasteiger partial charge on any atom is -0.299 e. The van der Waals surface area contributed by atoms with Crippen molar-refractivity contribution in [3.05, 3.63) is 0 Å². The third-order valence-electron chi connectivity index (χ3n) is 4.60. The summed E-state index contributed by atoms with van der Waals surface area (Å²) < 4.78 is 0. The Morgan fingerprint density at radius 2 is 1.57 bits per heavy atom. The van der Waals surface area contributed by atoms with Crippen LogP contribution in [-0.2, 0) is 4.79 Å². The average molecular weight is 282 g/mol. The van der Waals surface area contributed by atoms with Crippen LogP contribution in [-0.4, -0.2) is 5.78 Å². The van der Waals surface area contributed by atoms with Gasteiger partial charge in [-0.15, -0.1) is 0 Å². The quantitative estimate of drug-likeness (QED) is 0.789. The van der Waals surface area contributed by atoms with E-state index in [1.165, 1.54) is 0 Å². The molecule has 0 aliphatic heterocycles. The molecule has 108 valence electrons. The molecule has 0 saturated heterocycles. The van der Waals surface area contributed by atoms with Crippen molar-refractivity contribution in [3.63, 3.8) is 0 Å². The molecule has 0 amide bonds. The highest BCUT2D eigenvalue weighted by Gasteiger charge is 2.67. The molecule has 0 aromatic heterocycles. The van der Waals surface area contributed by atoms with Crippen LogP contribution in [0.2, 0.25) is 0 Å². The van der Waals surface area contributed by atoms with Gasteiger partial charge in [0.2, 0.25) is 0 Å². The fraction of sp³-hybridized carbons (Fsp3) is 0.688. The van der Waals surface area contributed by atoms with Crippen molar-refractivity contribution in [2.45, 2.75) is 40.0 Å². The summed E-state index contributed by atoms with van der Waals surface area (Å²) >= 11 is 0. The number of Topliss-reactive ketones (excluding diaryl/α,β-unsaturated/α-hetero) is 1. The summed E-state index contributed by atoms with van der Waals surface area (Å²) in [5.74, 6) is -1.80. The Morgan fingerprint density at radius 3 is 1.90 bits per heavy atom. The molecule has 0 unspecified atom stereocenters. The second kappa shape index (κ2) is 5.95. The highest BCUT2D eigenvalue weighted by Crippen LogP contribution is 2.57. The van der Waals surface area contributed by atoms with Crippen LogP contribution in [0.15, 0.2) is 0 Å². The lowest BCUT2D eigenvalue weighted by atomic mass is 9.47. The summed E-state index contributed by atoms with van der Waals surface area (Å²) in [6, 6.07) is 7.65. The zero-order valence-corrected chi connectivity index (χ0v) is 12.6. The van der Waals surface area contributed by atoms with E-state index in [4.69, 9.17) is 0 Å². The van der Waals surface area contributed by atoms with Crippen LogP contribution in [0, 0.1) is 73.9 Å². The molecule has 1 fully saturated rings. The molecular weight excluding hydrogens is 264 g/mol. The third-order valence-corrected chi connectivity index (χ3v) is 4.60. The summed E-state index contributed by atoms with van der Waals surface area (Å²) in [7, 11) is 0. The fourth-order valence-electron chi connectivity index (χ4n) is 3.45. The first-order valence-electron chi connectivity index (χ1n) is 7.08. The van der Waals surface area contributed by atoms with Crippen LogP contribution < -0.4 is 0 Å². The Morgan fingerprint density at radius 1 is 1.10 bits per heavy atom. The van der Waals surface area contributed by atoms with Crippen molar-refractivity contribution in [3.8, 4) is 24.3 Å². The van der Waals surface area contributed by atoms with Gasteiger partial charge in [-0.3, -0.25) is 4.79 Å². The number of carbonyl (C=O) groups is 1. The second-order valence-electron chi connectivity index (χ2n) is 5.93. The molecule has 0 radical (unpaired) electrons. The number of carbonyl (C=O) groups excluding carboxylic acids is 1. The van der Waals surface area contributed by atoms with Crippen LogP contribution in [0.1, 0.15) is 40.0 Å². The van der Waals surface area contributed by atoms with Crippen LogP contribution >= 0.6 is 0 Å². The normalized spacial score (nSPS) is 26.2. The maximum atomic E-state index is 12.4. The van der Waals surface area contributed by atoms with Gasteiger partial charge in [0.1, 0.15) is 5.78 Å². The highest BCUT2D eigenvalue weighted by molar-refractivity contribution is 5.85. The molecule has 1 aliphatic rings. The predicted molar refractivity (Wildman–Crippen MR) is 73.7 cm³/mol. The van der Waals surface area contributed by atoms with E-state index < -0.39 is 22.7 Å². The van der Waals surface area contributed by atoms with Gasteiger partial charge >= 0.3 is 0 Å². The molecule has 0 aromatic carbocycles.